The monoisotopic (exact) mass is 195 g/mol. The maximum atomic E-state index is 3.89. The van der Waals surface area contributed by atoms with Crippen molar-refractivity contribution in [1.29, 1.82) is 0 Å². The Morgan fingerprint density at radius 1 is 1.14 bits per heavy atom. The Hall–Kier alpha value is -0.0400. The molecule has 2 aliphatic rings. The fourth-order valence-electron chi connectivity index (χ4n) is 3.53. The van der Waals surface area contributed by atoms with E-state index in [4.69, 9.17) is 0 Å². The minimum absolute atomic E-state index is 0.839. The van der Waals surface area contributed by atoms with E-state index in [1.54, 1.807) is 0 Å². The van der Waals surface area contributed by atoms with Crippen molar-refractivity contribution in [2.75, 3.05) is 0 Å². The summed E-state index contributed by atoms with van der Waals surface area (Å²) in [6.45, 7) is 4.76. The number of fused-ring (bicyclic) bond motifs is 1. The van der Waals surface area contributed by atoms with E-state index >= 15 is 0 Å². The number of rotatable bonds is 2. The Morgan fingerprint density at radius 3 is 2.79 bits per heavy atom. The lowest BCUT2D eigenvalue weighted by atomic mass is 9.71. The summed E-state index contributed by atoms with van der Waals surface area (Å²) in [6.07, 6.45) is 10.0. The third-order valence-electron chi connectivity index (χ3n) is 4.36. The molecular weight excluding hydrogens is 170 g/mol. The van der Waals surface area contributed by atoms with Crippen molar-refractivity contribution in [3.63, 3.8) is 0 Å². The minimum atomic E-state index is 0.839. The zero-order valence-corrected chi connectivity index (χ0v) is 9.76. The molecule has 2 rings (SSSR count). The molecule has 0 aromatic rings. The van der Waals surface area contributed by atoms with Gasteiger partial charge in [0, 0.05) is 12.1 Å². The molecule has 1 aliphatic heterocycles. The standard InChI is InChI=1S/C13H25N/c1-3-5-11-8-9-12-10(2)6-4-7-13(12)14-11/h10-14H,3-9H2,1-2H3/t10-,11-,12+,13-/m0/s1. The highest BCUT2D eigenvalue weighted by Crippen LogP contribution is 2.36. The van der Waals surface area contributed by atoms with Gasteiger partial charge >= 0.3 is 0 Å². The predicted molar refractivity (Wildman–Crippen MR) is 61.4 cm³/mol. The van der Waals surface area contributed by atoms with Gasteiger partial charge in [-0.15, -0.1) is 0 Å². The molecule has 1 aliphatic carbocycles. The first-order valence-corrected chi connectivity index (χ1v) is 6.57. The van der Waals surface area contributed by atoms with Crippen molar-refractivity contribution in [3.8, 4) is 0 Å². The van der Waals surface area contributed by atoms with Crippen LogP contribution in [0, 0.1) is 11.8 Å². The van der Waals surface area contributed by atoms with Crippen LogP contribution in [0.4, 0.5) is 0 Å². The Bertz CT molecular complexity index is 178. The van der Waals surface area contributed by atoms with Crippen LogP contribution in [-0.4, -0.2) is 12.1 Å². The summed E-state index contributed by atoms with van der Waals surface area (Å²) in [7, 11) is 0. The zero-order chi connectivity index (χ0) is 9.97. The second kappa shape index (κ2) is 4.65. The van der Waals surface area contributed by atoms with E-state index < -0.39 is 0 Å². The lowest BCUT2D eigenvalue weighted by Gasteiger charge is -2.44. The number of piperidine rings is 1. The third kappa shape index (κ3) is 2.13. The van der Waals surface area contributed by atoms with E-state index in [2.05, 4.69) is 19.2 Å². The normalized spacial score (nSPS) is 43.3. The molecule has 0 aromatic carbocycles. The van der Waals surface area contributed by atoms with Gasteiger partial charge in [0.25, 0.3) is 0 Å². The first-order chi connectivity index (χ1) is 6.81. The quantitative estimate of drug-likeness (QED) is 0.712. The molecule has 0 spiro atoms. The molecule has 1 saturated heterocycles. The van der Waals surface area contributed by atoms with E-state index in [0.29, 0.717) is 0 Å². The number of nitrogens with one attached hydrogen (secondary N) is 1. The molecule has 2 fully saturated rings. The van der Waals surface area contributed by atoms with E-state index in [1.165, 1.54) is 44.9 Å². The highest BCUT2D eigenvalue weighted by molar-refractivity contribution is 4.91. The highest BCUT2D eigenvalue weighted by atomic mass is 15.0. The molecule has 0 bridgehead atoms. The average molecular weight is 195 g/mol. The van der Waals surface area contributed by atoms with Gasteiger partial charge < -0.3 is 5.32 Å². The zero-order valence-electron chi connectivity index (χ0n) is 9.76. The summed E-state index contributed by atoms with van der Waals surface area (Å²) in [5.41, 5.74) is 0. The van der Waals surface area contributed by atoms with Gasteiger partial charge in [0.15, 0.2) is 0 Å². The van der Waals surface area contributed by atoms with Crippen molar-refractivity contribution in [1.82, 2.24) is 5.32 Å². The average Bonchev–Trinajstić information content (AvgIpc) is 2.18. The minimum Gasteiger partial charge on any atom is -0.311 e. The highest BCUT2D eigenvalue weighted by Gasteiger charge is 2.34. The summed E-state index contributed by atoms with van der Waals surface area (Å²) < 4.78 is 0. The van der Waals surface area contributed by atoms with Crippen LogP contribution in [0.2, 0.25) is 0 Å². The van der Waals surface area contributed by atoms with Crippen molar-refractivity contribution < 1.29 is 0 Å². The SMILES string of the molecule is CCC[C@H]1CC[C@H]2[C@H](CCC[C@@H]2C)N1. The van der Waals surface area contributed by atoms with Crippen LogP contribution in [0.25, 0.3) is 0 Å². The number of hydrogen-bond donors (Lipinski definition) is 1. The van der Waals surface area contributed by atoms with Crippen LogP contribution in [0.15, 0.2) is 0 Å². The Balaban J connectivity index is 1.89. The maximum absolute atomic E-state index is 3.89. The lowest BCUT2D eigenvalue weighted by Crippen LogP contribution is -2.50. The summed E-state index contributed by atoms with van der Waals surface area (Å²) in [5, 5.41) is 3.89. The molecular formula is C13H25N. The fraction of sp³-hybridized carbons (Fsp3) is 1.00. The van der Waals surface area contributed by atoms with Crippen molar-refractivity contribution in [2.24, 2.45) is 11.8 Å². The molecule has 82 valence electrons. The topological polar surface area (TPSA) is 12.0 Å². The van der Waals surface area contributed by atoms with Gasteiger partial charge in [-0.1, -0.05) is 33.1 Å². The summed E-state index contributed by atoms with van der Waals surface area (Å²) >= 11 is 0. The summed E-state index contributed by atoms with van der Waals surface area (Å²) in [4.78, 5) is 0. The summed E-state index contributed by atoms with van der Waals surface area (Å²) in [6, 6.07) is 1.70. The van der Waals surface area contributed by atoms with Gasteiger partial charge in [-0.2, -0.15) is 0 Å². The van der Waals surface area contributed by atoms with Crippen LogP contribution in [-0.2, 0) is 0 Å². The van der Waals surface area contributed by atoms with E-state index in [0.717, 1.165) is 23.9 Å². The molecule has 14 heavy (non-hydrogen) atoms. The molecule has 0 unspecified atom stereocenters. The predicted octanol–water partition coefficient (Wildman–Crippen LogP) is 3.34. The third-order valence-corrected chi connectivity index (χ3v) is 4.36. The van der Waals surface area contributed by atoms with Crippen molar-refractivity contribution in [2.45, 2.75) is 70.9 Å². The van der Waals surface area contributed by atoms with Crippen molar-refractivity contribution >= 4 is 0 Å². The van der Waals surface area contributed by atoms with Crippen LogP contribution in [0.5, 0.6) is 0 Å². The van der Waals surface area contributed by atoms with Gasteiger partial charge in [-0.3, -0.25) is 0 Å². The molecule has 0 amide bonds. The Morgan fingerprint density at radius 2 is 2.00 bits per heavy atom. The largest absolute Gasteiger partial charge is 0.311 e. The fourth-order valence-corrected chi connectivity index (χ4v) is 3.53. The van der Waals surface area contributed by atoms with Crippen LogP contribution in [0.3, 0.4) is 0 Å². The molecule has 1 heteroatoms. The summed E-state index contributed by atoms with van der Waals surface area (Å²) in [5.74, 6) is 1.97. The molecule has 1 heterocycles. The van der Waals surface area contributed by atoms with Crippen molar-refractivity contribution in [3.05, 3.63) is 0 Å². The molecule has 1 nitrogen and oxygen atoms in total. The molecule has 1 saturated carbocycles. The van der Waals surface area contributed by atoms with Gasteiger partial charge in [-0.25, -0.2) is 0 Å². The second-order valence-electron chi connectivity index (χ2n) is 5.41. The molecule has 4 atom stereocenters. The van der Waals surface area contributed by atoms with Crippen LogP contribution in [0.1, 0.15) is 58.8 Å². The Kier molecular flexibility index (Phi) is 3.48. The van der Waals surface area contributed by atoms with Crippen LogP contribution < -0.4 is 5.32 Å². The number of hydrogen-bond acceptors (Lipinski definition) is 1. The van der Waals surface area contributed by atoms with E-state index in [1.807, 2.05) is 0 Å². The van der Waals surface area contributed by atoms with Gasteiger partial charge in [0.1, 0.15) is 0 Å². The Labute approximate surface area is 88.7 Å². The van der Waals surface area contributed by atoms with E-state index in [9.17, 15) is 0 Å². The first kappa shape index (κ1) is 10.5. The van der Waals surface area contributed by atoms with Gasteiger partial charge in [0.05, 0.1) is 0 Å². The second-order valence-corrected chi connectivity index (χ2v) is 5.41. The first-order valence-electron chi connectivity index (χ1n) is 6.57. The lowest BCUT2D eigenvalue weighted by molar-refractivity contribution is 0.122. The van der Waals surface area contributed by atoms with E-state index in [-0.39, 0.29) is 0 Å². The van der Waals surface area contributed by atoms with Crippen LogP contribution >= 0.6 is 0 Å². The maximum Gasteiger partial charge on any atom is 0.0100 e. The molecule has 1 N–H and O–H groups in total. The molecule has 0 aromatic heterocycles. The smallest absolute Gasteiger partial charge is 0.0100 e. The van der Waals surface area contributed by atoms with Gasteiger partial charge in [-0.05, 0) is 37.5 Å². The van der Waals surface area contributed by atoms with Gasteiger partial charge in [0.2, 0.25) is 0 Å². The molecule has 0 radical (unpaired) electrons.